The Kier molecular flexibility index (Phi) is 4.57. The maximum absolute atomic E-state index is 14.0. The lowest BCUT2D eigenvalue weighted by Gasteiger charge is -2.19. The molecule has 1 unspecified atom stereocenters. The van der Waals surface area contributed by atoms with Gasteiger partial charge in [0.2, 0.25) is 0 Å². The summed E-state index contributed by atoms with van der Waals surface area (Å²) in [6.45, 7) is 0.876. The van der Waals surface area contributed by atoms with Crippen LogP contribution in [-0.2, 0) is 6.42 Å². The first-order valence-corrected chi connectivity index (χ1v) is 7.82. The van der Waals surface area contributed by atoms with Gasteiger partial charge in [-0.25, -0.2) is 4.39 Å². The van der Waals surface area contributed by atoms with Crippen LogP contribution in [0.4, 0.5) is 4.39 Å². The van der Waals surface area contributed by atoms with Gasteiger partial charge >= 0.3 is 0 Å². The molecule has 0 saturated heterocycles. The van der Waals surface area contributed by atoms with Crippen molar-refractivity contribution in [3.05, 3.63) is 70.5 Å². The standard InChI is InChI=1S/C18H19ClFN/c19-16-6-9-18(20)14(11-16)10-15(12-21-17-7-8-17)13-4-2-1-3-5-13/h1-6,9,11,15,17,21H,7-8,10,12H2. The lowest BCUT2D eigenvalue weighted by molar-refractivity contribution is 0.552. The normalized spacial score (nSPS) is 15.9. The fourth-order valence-corrected chi connectivity index (χ4v) is 2.79. The molecule has 3 heteroatoms. The van der Waals surface area contributed by atoms with E-state index in [9.17, 15) is 4.39 Å². The number of nitrogens with one attached hydrogen (secondary N) is 1. The molecule has 1 saturated carbocycles. The summed E-state index contributed by atoms with van der Waals surface area (Å²) in [5, 5.41) is 4.15. The Morgan fingerprint density at radius 2 is 1.90 bits per heavy atom. The summed E-state index contributed by atoms with van der Waals surface area (Å²) in [6, 6.07) is 15.7. The van der Waals surface area contributed by atoms with E-state index in [1.54, 1.807) is 12.1 Å². The van der Waals surface area contributed by atoms with Crippen LogP contribution in [-0.4, -0.2) is 12.6 Å². The van der Waals surface area contributed by atoms with E-state index < -0.39 is 0 Å². The monoisotopic (exact) mass is 303 g/mol. The van der Waals surface area contributed by atoms with Crippen LogP contribution in [0.15, 0.2) is 48.5 Å². The lowest BCUT2D eigenvalue weighted by atomic mass is 9.91. The number of hydrogen-bond donors (Lipinski definition) is 1. The van der Waals surface area contributed by atoms with Crippen molar-refractivity contribution in [2.24, 2.45) is 0 Å². The third kappa shape index (κ3) is 4.05. The van der Waals surface area contributed by atoms with E-state index in [2.05, 4.69) is 17.4 Å². The van der Waals surface area contributed by atoms with E-state index in [-0.39, 0.29) is 11.7 Å². The maximum atomic E-state index is 14.0. The van der Waals surface area contributed by atoms with Crippen molar-refractivity contribution in [1.82, 2.24) is 5.32 Å². The summed E-state index contributed by atoms with van der Waals surface area (Å²) < 4.78 is 14.0. The molecule has 1 aliphatic rings. The van der Waals surface area contributed by atoms with E-state index >= 15 is 0 Å². The van der Waals surface area contributed by atoms with Gasteiger partial charge in [0, 0.05) is 23.5 Å². The quantitative estimate of drug-likeness (QED) is 0.825. The van der Waals surface area contributed by atoms with Gasteiger partial charge in [-0.1, -0.05) is 41.9 Å². The minimum atomic E-state index is -0.174. The van der Waals surface area contributed by atoms with Crippen molar-refractivity contribution in [2.45, 2.75) is 31.2 Å². The summed E-state index contributed by atoms with van der Waals surface area (Å²) in [5.74, 6) is 0.0894. The zero-order valence-corrected chi connectivity index (χ0v) is 12.6. The van der Waals surface area contributed by atoms with Gasteiger partial charge in [0.05, 0.1) is 0 Å². The molecule has 0 radical (unpaired) electrons. The molecule has 2 aromatic carbocycles. The Morgan fingerprint density at radius 1 is 1.14 bits per heavy atom. The Labute approximate surface area is 130 Å². The average molecular weight is 304 g/mol. The van der Waals surface area contributed by atoms with E-state index in [4.69, 9.17) is 11.6 Å². The smallest absolute Gasteiger partial charge is 0.126 e. The molecular weight excluding hydrogens is 285 g/mol. The minimum absolute atomic E-state index is 0.174. The Hall–Kier alpha value is -1.38. The summed E-state index contributed by atoms with van der Waals surface area (Å²) in [7, 11) is 0. The van der Waals surface area contributed by atoms with Crippen LogP contribution in [0.3, 0.4) is 0 Å². The molecule has 1 atom stereocenters. The van der Waals surface area contributed by atoms with Crippen molar-refractivity contribution in [1.29, 1.82) is 0 Å². The molecule has 110 valence electrons. The Morgan fingerprint density at radius 3 is 2.62 bits per heavy atom. The van der Waals surface area contributed by atoms with Gasteiger partial charge in [-0.15, -0.1) is 0 Å². The van der Waals surface area contributed by atoms with Crippen LogP contribution >= 0.6 is 11.6 Å². The molecule has 1 nitrogen and oxygen atoms in total. The largest absolute Gasteiger partial charge is 0.313 e. The highest BCUT2D eigenvalue weighted by molar-refractivity contribution is 6.30. The van der Waals surface area contributed by atoms with Crippen LogP contribution in [0.1, 0.15) is 29.9 Å². The van der Waals surface area contributed by atoms with Crippen LogP contribution in [0.2, 0.25) is 5.02 Å². The molecule has 21 heavy (non-hydrogen) atoms. The van der Waals surface area contributed by atoms with Crippen LogP contribution in [0.25, 0.3) is 0 Å². The van der Waals surface area contributed by atoms with Crippen LogP contribution in [0, 0.1) is 5.82 Å². The van der Waals surface area contributed by atoms with Gasteiger partial charge in [-0.2, -0.15) is 0 Å². The first kappa shape index (κ1) is 14.6. The fraction of sp³-hybridized carbons (Fsp3) is 0.333. The predicted octanol–water partition coefficient (Wildman–Crippen LogP) is 4.56. The maximum Gasteiger partial charge on any atom is 0.126 e. The molecule has 0 aromatic heterocycles. The Bertz CT molecular complexity index is 595. The predicted molar refractivity (Wildman–Crippen MR) is 85.3 cm³/mol. The number of rotatable bonds is 6. The van der Waals surface area contributed by atoms with Gasteiger partial charge < -0.3 is 5.32 Å². The van der Waals surface area contributed by atoms with Crippen molar-refractivity contribution < 1.29 is 4.39 Å². The van der Waals surface area contributed by atoms with E-state index in [0.29, 0.717) is 23.0 Å². The second-order valence-corrected chi connectivity index (χ2v) is 6.17. The van der Waals surface area contributed by atoms with Crippen LogP contribution in [0.5, 0.6) is 0 Å². The molecule has 3 rings (SSSR count). The lowest BCUT2D eigenvalue weighted by Crippen LogP contribution is -2.25. The third-order valence-electron chi connectivity index (χ3n) is 3.98. The molecule has 1 N–H and O–H groups in total. The summed E-state index contributed by atoms with van der Waals surface area (Å²) in [5.41, 5.74) is 1.93. The van der Waals surface area contributed by atoms with E-state index in [1.165, 1.54) is 24.5 Å². The summed E-state index contributed by atoms with van der Waals surface area (Å²) >= 11 is 6.00. The third-order valence-corrected chi connectivity index (χ3v) is 4.21. The fourth-order valence-electron chi connectivity index (χ4n) is 2.59. The zero-order valence-electron chi connectivity index (χ0n) is 11.9. The molecule has 1 fully saturated rings. The molecular formula is C18H19ClFN. The Balaban J connectivity index is 1.78. The van der Waals surface area contributed by atoms with Gasteiger partial charge in [0.1, 0.15) is 5.82 Å². The number of hydrogen-bond acceptors (Lipinski definition) is 1. The summed E-state index contributed by atoms with van der Waals surface area (Å²) in [6.07, 6.45) is 3.18. The van der Waals surface area contributed by atoms with Crippen molar-refractivity contribution in [3.8, 4) is 0 Å². The van der Waals surface area contributed by atoms with Crippen molar-refractivity contribution in [3.63, 3.8) is 0 Å². The SMILES string of the molecule is Fc1ccc(Cl)cc1CC(CNC1CC1)c1ccccc1. The molecule has 0 heterocycles. The second-order valence-electron chi connectivity index (χ2n) is 5.73. The minimum Gasteiger partial charge on any atom is -0.313 e. The van der Waals surface area contributed by atoms with Crippen LogP contribution < -0.4 is 5.32 Å². The first-order chi connectivity index (χ1) is 10.2. The van der Waals surface area contributed by atoms with Gasteiger partial charge in [0.15, 0.2) is 0 Å². The van der Waals surface area contributed by atoms with Crippen molar-refractivity contribution >= 4 is 11.6 Å². The van der Waals surface area contributed by atoms with Gasteiger partial charge in [-0.3, -0.25) is 0 Å². The highest BCUT2D eigenvalue weighted by atomic mass is 35.5. The van der Waals surface area contributed by atoms with Crippen molar-refractivity contribution in [2.75, 3.05) is 6.54 Å². The highest BCUT2D eigenvalue weighted by Gasteiger charge is 2.23. The molecule has 0 amide bonds. The molecule has 1 aliphatic carbocycles. The average Bonchev–Trinajstić information content (AvgIpc) is 3.32. The van der Waals surface area contributed by atoms with E-state index in [1.807, 2.05) is 18.2 Å². The van der Waals surface area contributed by atoms with E-state index in [0.717, 1.165) is 6.54 Å². The molecule has 0 spiro atoms. The van der Waals surface area contributed by atoms with Gasteiger partial charge in [-0.05, 0) is 48.6 Å². The second kappa shape index (κ2) is 6.59. The summed E-state index contributed by atoms with van der Waals surface area (Å²) in [4.78, 5) is 0. The highest BCUT2D eigenvalue weighted by Crippen LogP contribution is 2.26. The molecule has 2 aromatic rings. The zero-order chi connectivity index (χ0) is 14.7. The van der Waals surface area contributed by atoms with Gasteiger partial charge in [0.25, 0.3) is 0 Å². The molecule has 0 aliphatic heterocycles. The number of benzene rings is 2. The molecule has 0 bridgehead atoms. The topological polar surface area (TPSA) is 12.0 Å². The number of halogens is 2. The first-order valence-electron chi connectivity index (χ1n) is 7.44.